The standard InChI is InChI=1S/C28H24N.C14H16GeN.Ir/c1-18-9-7-10-19(2)27(18)21-12-8-11-20(15-21)26-16-25-23(17-29-26)22-13-5-6-14-24(22)28(25,3)4;1-15(2,3)13-9-10-14(16-11-13)12-7-5-4-6-8-12;/h5-10,12-17H,1-4H3;4-7,9-11H,1-3H3;/q2*-1;. The van der Waals surface area contributed by atoms with Gasteiger partial charge in [0, 0.05) is 37.3 Å². The van der Waals surface area contributed by atoms with Crippen molar-refractivity contribution in [3.63, 3.8) is 0 Å². The molecule has 0 saturated heterocycles. The Morgan fingerprint density at radius 1 is 0.609 bits per heavy atom. The molecule has 1 aliphatic carbocycles. The van der Waals surface area contributed by atoms with E-state index in [2.05, 4.69) is 135 Å². The quantitative estimate of drug-likeness (QED) is 0.131. The number of hydrogen-bond acceptors (Lipinski definition) is 2. The fraction of sp³-hybridized carbons (Fsp3) is 0.190. The first kappa shape index (κ1) is 33.7. The van der Waals surface area contributed by atoms with Crippen LogP contribution in [0, 0.1) is 26.0 Å². The number of rotatable bonds is 4. The molecule has 0 amide bonds. The molecule has 6 aromatic rings. The molecule has 0 N–H and O–H groups in total. The van der Waals surface area contributed by atoms with Crippen LogP contribution in [0.1, 0.15) is 36.1 Å². The fourth-order valence-electron chi connectivity index (χ4n) is 6.33. The van der Waals surface area contributed by atoms with Crippen LogP contribution in [-0.2, 0) is 25.5 Å². The van der Waals surface area contributed by atoms with E-state index in [0.717, 1.165) is 22.5 Å². The van der Waals surface area contributed by atoms with Crippen LogP contribution in [0.2, 0.25) is 17.3 Å². The van der Waals surface area contributed by atoms with Crippen molar-refractivity contribution in [1.82, 2.24) is 9.97 Å². The van der Waals surface area contributed by atoms with Gasteiger partial charge in [-0.3, -0.25) is 0 Å². The summed E-state index contributed by atoms with van der Waals surface area (Å²) < 4.78 is 1.44. The van der Waals surface area contributed by atoms with E-state index in [0.29, 0.717) is 0 Å². The van der Waals surface area contributed by atoms with Gasteiger partial charge >= 0.3 is 99.8 Å². The molecular formula is C42H40GeIrN2-2. The maximum absolute atomic E-state index is 4.83. The van der Waals surface area contributed by atoms with Gasteiger partial charge in [0.15, 0.2) is 0 Å². The molecule has 0 fully saturated rings. The number of aromatic nitrogens is 2. The van der Waals surface area contributed by atoms with Gasteiger partial charge in [-0.05, 0) is 52.9 Å². The zero-order chi connectivity index (χ0) is 31.8. The van der Waals surface area contributed by atoms with Gasteiger partial charge < -0.3 is 4.98 Å². The van der Waals surface area contributed by atoms with Crippen LogP contribution >= 0.6 is 0 Å². The third-order valence-corrected chi connectivity index (χ3v) is 13.2. The molecule has 0 unspecified atom stereocenters. The molecule has 4 aromatic carbocycles. The summed E-state index contributed by atoms with van der Waals surface area (Å²) in [7, 11) is 0. The van der Waals surface area contributed by atoms with Crippen molar-refractivity contribution in [1.29, 1.82) is 0 Å². The summed E-state index contributed by atoms with van der Waals surface area (Å²) in [5.41, 5.74) is 14.5. The van der Waals surface area contributed by atoms with E-state index < -0.39 is 13.3 Å². The Balaban J connectivity index is 0.000000209. The first-order valence-electron chi connectivity index (χ1n) is 15.7. The maximum atomic E-state index is 4.83. The molecule has 0 saturated carbocycles. The van der Waals surface area contributed by atoms with E-state index in [9.17, 15) is 0 Å². The Hall–Kier alpha value is -3.63. The van der Waals surface area contributed by atoms with Crippen LogP contribution in [-0.4, -0.2) is 23.2 Å². The molecule has 7 rings (SSSR count). The Bertz CT molecular complexity index is 1950. The van der Waals surface area contributed by atoms with Crippen molar-refractivity contribution in [3.8, 4) is 44.8 Å². The van der Waals surface area contributed by atoms with Crippen LogP contribution in [0.4, 0.5) is 0 Å². The normalized spacial score (nSPS) is 12.7. The number of pyridine rings is 2. The molecule has 4 heteroatoms. The summed E-state index contributed by atoms with van der Waals surface area (Å²) in [6, 6.07) is 42.7. The monoisotopic (exact) mass is 839 g/mol. The van der Waals surface area contributed by atoms with Crippen LogP contribution < -0.4 is 4.40 Å². The van der Waals surface area contributed by atoms with Crippen LogP contribution in [0.15, 0.2) is 116 Å². The molecule has 2 aromatic heterocycles. The molecule has 0 atom stereocenters. The van der Waals surface area contributed by atoms with Crippen molar-refractivity contribution in [3.05, 3.63) is 150 Å². The van der Waals surface area contributed by atoms with Gasteiger partial charge in [-0.2, -0.15) is 0 Å². The van der Waals surface area contributed by atoms with Gasteiger partial charge in [-0.25, -0.2) is 0 Å². The van der Waals surface area contributed by atoms with E-state index in [1.165, 1.54) is 48.9 Å². The SMILES string of the molecule is Cc1cccc(C)c1-c1cc[c-]c(-c2cc3c(cn2)-c2ccccc2C3(C)C)c1.[CH3][Ge]([CH3])([CH3])[c]1ccc(-c2[c-]cccc2)nc1.[Ir]. The number of hydrogen-bond donors (Lipinski definition) is 0. The number of fused-ring (bicyclic) bond motifs is 3. The summed E-state index contributed by atoms with van der Waals surface area (Å²) >= 11 is -1.72. The summed E-state index contributed by atoms with van der Waals surface area (Å²) in [5.74, 6) is 7.14. The Labute approximate surface area is 291 Å². The average Bonchev–Trinajstić information content (AvgIpc) is 3.27. The fourth-order valence-corrected chi connectivity index (χ4v) is 8.50. The van der Waals surface area contributed by atoms with E-state index in [4.69, 9.17) is 4.98 Å². The second-order valence-electron chi connectivity index (χ2n) is 13.5. The third-order valence-electron chi connectivity index (χ3n) is 8.93. The topological polar surface area (TPSA) is 25.8 Å². The van der Waals surface area contributed by atoms with Crippen molar-refractivity contribution in [2.24, 2.45) is 0 Å². The van der Waals surface area contributed by atoms with Crippen LogP contribution in [0.3, 0.4) is 0 Å². The smallest absolute Gasteiger partial charge is 0 e. The Kier molecular flexibility index (Phi) is 9.98. The van der Waals surface area contributed by atoms with Gasteiger partial charge in [-0.15, -0.1) is 35.4 Å². The zero-order valence-electron chi connectivity index (χ0n) is 27.7. The third kappa shape index (κ3) is 6.74. The second-order valence-corrected chi connectivity index (χ2v) is 24.2. The first-order chi connectivity index (χ1) is 21.5. The molecule has 1 aliphatic rings. The molecule has 46 heavy (non-hydrogen) atoms. The average molecular weight is 838 g/mol. The zero-order valence-corrected chi connectivity index (χ0v) is 32.2. The van der Waals surface area contributed by atoms with Gasteiger partial charge in [-0.1, -0.05) is 62.4 Å². The van der Waals surface area contributed by atoms with Gasteiger partial charge in [0.2, 0.25) is 0 Å². The number of nitrogens with zero attached hydrogens (tertiary/aromatic N) is 2. The van der Waals surface area contributed by atoms with E-state index in [1.54, 1.807) is 0 Å². The van der Waals surface area contributed by atoms with Gasteiger partial charge in [0.1, 0.15) is 0 Å². The Morgan fingerprint density at radius 2 is 1.30 bits per heavy atom. The largest absolute Gasteiger partial charge is 0 e. The van der Waals surface area contributed by atoms with Crippen molar-refractivity contribution in [2.75, 3.05) is 0 Å². The van der Waals surface area contributed by atoms with Crippen molar-refractivity contribution >= 4 is 17.7 Å². The van der Waals surface area contributed by atoms with Crippen molar-refractivity contribution < 1.29 is 20.1 Å². The molecular weight excluding hydrogens is 797 g/mol. The summed E-state index contributed by atoms with van der Waals surface area (Å²) in [4.78, 5) is 9.36. The van der Waals surface area contributed by atoms with Crippen LogP contribution in [0.5, 0.6) is 0 Å². The minimum atomic E-state index is -1.72. The summed E-state index contributed by atoms with van der Waals surface area (Å²) in [6.45, 7) is 8.95. The minimum absolute atomic E-state index is 0. The Morgan fingerprint density at radius 3 is 1.98 bits per heavy atom. The summed E-state index contributed by atoms with van der Waals surface area (Å²) in [6.07, 6.45) is 4.08. The number of aryl methyl sites for hydroxylation is 2. The van der Waals surface area contributed by atoms with E-state index in [-0.39, 0.29) is 25.5 Å². The van der Waals surface area contributed by atoms with Gasteiger partial charge in [0.05, 0.1) is 0 Å². The predicted octanol–water partition coefficient (Wildman–Crippen LogP) is 10.2. The van der Waals surface area contributed by atoms with Crippen molar-refractivity contribution in [2.45, 2.75) is 50.4 Å². The molecule has 1 radical (unpaired) electrons. The van der Waals surface area contributed by atoms with Gasteiger partial charge in [0.25, 0.3) is 0 Å². The molecule has 233 valence electrons. The molecule has 0 bridgehead atoms. The molecule has 0 aliphatic heterocycles. The molecule has 2 heterocycles. The summed E-state index contributed by atoms with van der Waals surface area (Å²) in [5, 5.41) is 0. The van der Waals surface area contributed by atoms with E-state index in [1.807, 2.05) is 42.7 Å². The predicted molar refractivity (Wildman–Crippen MR) is 192 cm³/mol. The molecule has 2 nitrogen and oxygen atoms in total. The van der Waals surface area contributed by atoms with E-state index >= 15 is 0 Å². The second kappa shape index (κ2) is 13.6. The first-order valence-corrected chi connectivity index (χ1v) is 23.0. The minimum Gasteiger partial charge on any atom is 0 e. The number of benzene rings is 4. The maximum Gasteiger partial charge on any atom is 0 e. The van der Waals surface area contributed by atoms with Crippen LogP contribution in [0.25, 0.3) is 44.8 Å². The molecule has 0 spiro atoms.